The van der Waals surface area contributed by atoms with Crippen LogP contribution < -0.4 is 54.2 Å². The zero-order valence-corrected chi connectivity index (χ0v) is 67.8. The van der Waals surface area contributed by atoms with Crippen LogP contribution in [0.5, 0.6) is 40.2 Å². The molecule has 3 radical (unpaired) electrons. The van der Waals surface area contributed by atoms with Crippen LogP contribution in [0.4, 0.5) is 43.9 Å². The van der Waals surface area contributed by atoms with E-state index >= 15 is 0 Å². The molecule has 7 aliphatic rings. The van der Waals surface area contributed by atoms with Crippen molar-refractivity contribution >= 4 is 44.0 Å². The molecule has 3 unspecified atom stereocenters. The van der Waals surface area contributed by atoms with Crippen molar-refractivity contribution in [3.63, 3.8) is 0 Å². The number of ether oxygens (including phenoxy) is 4. The third kappa shape index (κ3) is 23.0. The minimum atomic E-state index is -3.30. The van der Waals surface area contributed by atoms with Gasteiger partial charge in [0.25, 0.3) is 17.8 Å². The molecule has 0 spiro atoms. The van der Waals surface area contributed by atoms with E-state index in [2.05, 4.69) is 41.1 Å². The van der Waals surface area contributed by atoms with Crippen LogP contribution >= 0.6 is 0 Å². The molecule has 120 heavy (non-hydrogen) atoms. The summed E-state index contributed by atoms with van der Waals surface area (Å²) in [4.78, 5) is 64.7. The first-order valence-electron chi connectivity index (χ1n) is 36.9. The second-order valence-electron chi connectivity index (χ2n) is 28.1. The Hall–Kier alpha value is -10.3. The predicted octanol–water partition coefficient (Wildman–Crippen LogP) is 14.1. The van der Waals surface area contributed by atoms with Crippen LogP contribution in [0.25, 0.3) is 11.4 Å². The molecule has 0 saturated carbocycles. The summed E-state index contributed by atoms with van der Waals surface area (Å²) >= 11 is 0. The molecule has 3 atom stereocenters. The monoisotopic (exact) mass is 1690 g/mol. The second-order valence-corrected chi connectivity index (χ2v) is 28.1. The van der Waals surface area contributed by atoms with Gasteiger partial charge in [-0.05, 0) is 182 Å². The number of alkyl halides is 10. The zero-order chi connectivity index (χ0) is 84.9. The number of aliphatic hydroxyl groups is 3. The number of hydrogen-bond acceptors (Lipinski definition) is 19. The Bertz CT molecular complexity index is 5130. The number of methoxy groups -OCH3 is 3. The molecule has 32 heteroatoms. The molecule has 7 aliphatic carbocycles. The average molecular weight is 1690 g/mol. The summed E-state index contributed by atoms with van der Waals surface area (Å²) in [6.45, 7) is 10.0. The van der Waals surface area contributed by atoms with Gasteiger partial charge in [-0.25, -0.2) is 26.3 Å². The number of unbranched alkanes of at least 4 members (excludes halogenated alkanes) is 1. The zero-order valence-electron chi connectivity index (χ0n) is 66.8. The Kier molecular flexibility index (Phi) is 35.8. The molecule has 20 nitrogen and oxygen atoms in total. The summed E-state index contributed by atoms with van der Waals surface area (Å²) in [6, 6.07) is 35.1. The van der Waals surface area contributed by atoms with Gasteiger partial charge in [0.15, 0.2) is 18.4 Å². The molecule has 8 N–H and O–H groups in total. The number of pyridine rings is 1. The number of ketones is 3. The molecule has 0 saturated heterocycles. The van der Waals surface area contributed by atoms with E-state index in [9.17, 15) is 88.3 Å². The molecule has 0 aliphatic heterocycles. The third-order valence-electron chi connectivity index (χ3n) is 19.8. The molecule has 9 aromatic rings. The van der Waals surface area contributed by atoms with Crippen molar-refractivity contribution < 1.29 is 148 Å². The number of rotatable bonds is 13. The van der Waals surface area contributed by atoms with Crippen molar-refractivity contribution in [3.05, 3.63) is 240 Å². The van der Waals surface area contributed by atoms with Crippen molar-refractivity contribution in [2.24, 2.45) is 10.7 Å². The number of halogens is 10. The number of nitrogens with zero attached hydrogens (tertiary/aromatic N) is 4. The predicted molar refractivity (Wildman–Crippen MR) is 430 cm³/mol. The van der Waals surface area contributed by atoms with Crippen LogP contribution in [0.15, 0.2) is 151 Å². The van der Waals surface area contributed by atoms with E-state index in [1.807, 2.05) is 54.9 Å². The van der Waals surface area contributed by atoms with Gasteiger partial charge in [-0.3, -0.25) is 38.6 Å². The van der Waals surface area contributed by atoms with E-state index in [0.717, 1.165) is 72.3 Å². The molecular weight excluding hydrogens is 1590 g/mol. The minimum absolute atomic E-state index is 0. The first-order chi connectivity index (χ1) is 54.9. The number of aromatic nitrogens is 3. The first kappa shape index (κ1) is 100. The number of phenolic OH excluding ortho intramolecular Hbond substituents is 3. The van der Waals surface area contributed by atoms with Gasteiger partial charge in [0.05, 0.1) is 43.8 Å². The fraction of sp³-hybridized carbons (Fsp3) is 0.364. The van der Waals surface area contributed by atoms with E-state index in [-0.39, 0.29) is 152 Å². The molecule has 2 aromatic heterocycles. The number of phenols is 3. The Morgan fingerprint density at radius 1 is 0.558 bits per heavy atom. The van der Waals surface area contributed by atoms with Crippen LogP contribution in [0.3, 0.4) is 0 Å². The average Bonchev–Trinajstić information content (AvgIpc) is 1.61. The van der Waals surface area contributed by atoms with Gasteiger partial charge in [0, 0.05) is 117 Å². The number of aliphatic imine (C=N–C) groups is 1. The topological polar surface area (TPSA) is 313 Å². The van der Waals surface area contributed by atoms with Gasteiger partial charge in [-0.2, -0.15) is 22.7 Å². The number of aliphatic hydroxyl groups excluding tert-OH is 3. The van der Waals surface area contributed by atoms with Crippen LogP contribution in [-0.2, 0) is 51.6 Å². The molecule has 0 bridgehead atoms. The van der Waals surface area contributed by atoms with Gasteiger partial charge in [0.1, 0.15) is 65.2 Å². The summed E-state index contributed by atoms with van der Waals surface area (Å²) in [5.41, 5.74) is 14.5. The Balaban J connectivity index is 0.000000299. The van der Waals surface area contributed by atoms with Crippen molar-refractivity contribution in [2.75, 3.05) is 34.4 Å². The van der Waals surface area contributed by atoms with Gasteiger partial charge in [-0.1, -0.05) is 76.7 Å². The maximum absolute atomic E-state index is 13.9. The van der Waals surface area contributed by atoms with Gasteiger partial charge >= 0.3 is 41.4 Å². The van der Waals surface area contributed by atoms with E-state index in [0.29, 0.717) is 40.8 Å². The Labute approximate surface area is 714 Å². The number of hydrogen-bond donors (Lipinski definition) is 7. The summed E-state index contributed by atoms with van der Waals surface area (Å²) in [5.74, 6) is -16.7. The number of aryl methyl sites for hydroxylation is 2. The molecule has 2 heterocycles. The summed E-state index contributed by atoms with van der Waals surface area (Å²) < 4.78 is 154. The van der Waals surface area contributed by atoms with Gasteiger partial charge < -0.3 is 56.7 Å². The number of fused-ring (bicyclic) bond motifs is 7. The number of aldehydes is 2. The number of aromatic hydroxyl groups is 3. The van der Waals surface area contributed by atoms with Crippen molar-refractivity contribution in [2.45, 2.75) is 174 Å². The standard InChI is InChI=1S/C22H21F2N3O3.C12H15NO.C10H8F2O3.C10H8F2O2.C10H10O2.C9H8F2O2.C9H6F2O2.C4H11N.2CH4.B.Na.H/c1-13(2)27-17(7-9-26-27)20-15(4-3-8-25-20)12-30-18-6-5-14-10-22(23,24)21(29)19(14)16(18)11-28;1-3-13-12-7-5-9-4-6-10(14-2)8-11(9)12;11-10(12)3-5-1-2-7(14)6(4-13)8(5)9(10)15;1-14-7-3-2-6-5-10(11,12)9(13)8(6)4-7;1-12-8-4-2-7-3-5-10(11)9(7)6-8;2*10-9(11)4-5-1-2-6(12)3-7(5)8(9)13;1-2-3-4-5;;;;;/h3-9,11,13,21,29H,10,12H2,1-2H3;4,6,8H,3,5,7H2,1-2H3;1-2,4,9,14-15H,3H2;2-4H,5H2,1H3;2,4,6H,3,5H2,1H3;1-3,8,12-13H,4H2;1-3,12H,4H2;2-5H2,1H3;2*1H4;;;/q;;;;;;;;;;;+1;-1. The molecular formula is C88H96BF10N5NaO15. The fourth-order valence-corrected chi connectivity index (χ4v) is 13.9. The number of carbonyl (C=O) groups excluding carboxylic acids is 5. The third-order valence-corrected chi connectivity index (χ3v) is 19.8. The molecule has 0 fully saturated rings. The summed E-state index contributed by atoms with van der Waals surface area (Å²) in [7, 11) is 4.74. The molecule has 0 amide bonds. The first-order valence-corrected chi connectivity index (χ1v) is 36.9. The smallest absolute Gasteiger partial charge is 1.00 e. The summed E-state index contributed by atoms with van der Waals surface area (Å²) in [5, 5.41) is 60.1. The maximum Gasteiger partial charge on any atom is 1.00 e. The quantitative estimate of drug-likeness (QED) is 0.0320. The molecule has 16 rings (SSSR count). The number of benzene rings is 7. The van der Waals surface area contributed by atoms with E-state index in [1.54, 1.807) is 38.7 Å². The van der Waals surface area contributed by atoms with Crippen LogP contribution in [0.1, 0.15) is 213 Å². The van der Waals surface area contributed by atoms with Crippen LogP contribution in [0.2, 0.25) is 0 Å². The van der Waals surface area contributed by atoms with Crippen LogP contribution in [0, 0.1) is 0 Å². The maximum atomic E-state index is 13.9. The second kappa shape index (κ2) is 42.8. The van der Waals surface area contributed by atoms with E-state index in [4.69, 9.17) is 34.9 Å². The number of Topliss-reactive ketones (excluding diaryl/α,β-unsaturated/α-hetero) is 3. The Morgan fingerprint density at radius 3 is 1.55 bits per heavy atom. The number of carbonyl (C=O) groups is 5. The van der Waals surface area contributed by atoms with Crippen molar-refractivity contribution in [1.29, 1.82) is 0 Å². The fourth-order valence-electron chi connectivity index (χ4n) is 13.9. The normalized spacial score (nSPS) is 17.7. The SMILES string of the molecule is C.C.CC(C)n1nccc1-c1ncccc1COc1ccc2c(c1C=O)C(O)C(F)(F)C2.CCCCN.CCN=C1CCc2ccc(OC)cc21.COc1ccc2c(c1)C(=O)C(F)(F)C2.COc1ccc2c(c1)C(=O)CC2.O=C1c2cc(O)ccc2CC1(F)F.O=Cc1c(O)ccc2c1C(O)C(F)(F)C2.Oc1ccc2c(c1)C(O)C(F)(F)C2.[B].[H-].[Na+]. The van der Waals surface area contributed by atoms with Gasteiger partial charge in [-0.15, -0.1) is 0 Å². The Morgan fingerprint density at radius 2 is 1.02 bits per heavy atom. The van der Waals surface area contributed by atoms with Crippen molar-refractivity contribution in [3.8, 4) is 51.6 Å². The van der Waals surface area contributed by atoms with E-state index in [1.165, 1.54) is 104 Å². The van der Waals surface area contributed by atoms with Crippen molar-refractivity contribution in [1.82, 2.24) is 14.8 Å². The summed E-state index contributed by atoms with van der Waals surface area (Å²) in [6.07, 6.45) is 1.70. The molecule has 7 aromatic carbocycles. The molecule has 637 valence electrons. The number of nitrogens with two attached hydrogens (primary N) is 1. The van der Waals surface area contributed by atoms with Crippen LogP contribution in [-0.4, -0.2) is 153 Å². The largest absolute Gasteiger partial charge is 1.00 e. The van der Waals surface area contributed by atoms with Gasteiger partial charge in [0.2, 0.25) is 11.6 Å². The van der Waals surface area contributed by atoms with E-state index < -0.39 is 91.6 Å². The minimum Gasteiger partial charge on any atom is -1.00 e.